The Kier molecular flexibility index (Phi) is 6.80. The molecule has 0 aromatic heterocycles. The molecule has 0 spiro atoms. The Balaban J connectivity index is 0.000000631. The van der Waals surface area contributed by atoms with Crippen molar-refractivity contribution < 1.29 is 14.4 Å². The Morgan fingerprint density at radius 2 is 1.78 bits per heavy atom. The second kappa shape index (κ2) is 7.83. The molecule has 0 saturated carbocycles. The van der Waals surface area contributed by atoms with Crippen molar-refractivity contribution in [3.05, 3.63) is 29.8 Å². The lowest BCUT2D eigenvalue weighted by Gasteiger charge is -2.03. The minimum Gasteiger partial charge on any atom is -0.370 e. The lowest BCUT2D eigenvalue weighted by Crippen LogP contribution is -2.21. The molecular weight excluding hydrogens is 234 g/mol. The molecule has 0 atom stereocenters. The fourth-order valence-corrected chi connectivity index (χ4v) is 1.09. The molecule has 1 rings (SSSR count). The second-order valence-electron chi connectivity index (χ2n) is 3.67. The van der Waals surface area contributed by atoms with Gasteiger partial charge in [0.2, 0.25) is 17.7 Å². The number of hydrogen-bond acceptors (Lipinski definition) is 3. The summed E-state index contributed by atoms with van der Waals surface area (Å²) in [5, 5.41) is 2.57. The van der Waals surface area contributed by atoms with Crippen molar-refractivity contribution in [2.75, 3.05) is 5.32 Å². The third-order valence-corrected chi connectivity index (χ3v) is 1.64. The average Bonchev–Trinajstić information content (AvgIpc) is 2.14. The maximum absolute atomic E-state index is 11.1. The van der Waals surface area contributed by atoms with Gasteiger partial charge in [0.1, 0.15) is 6.42 Å². The number of nitrogens with two attached hydrogens (primary N) is 2. The third-order valence-electron chi connectivity index (χ3n) is 1.64. The highest BCUT2D eigenvalue weighted by Crippen LogP contribution is 2.09. The Morgan fingerprint density at radius 1 is 1.22 bits per heavy atom. The van der Waals surface area contributed by atoms with Crippen LogP contribution in [0.4, 0.5) is 5.69 Å². The standard InChI is InChI=1S/C10H12N2O2.C2H5NO/c1-7-3-2-4-8(5-7)12-10(14)6-9(11)13;1-2(3)4/h2-5H,6H2,1H3,(H2,11,13)(H,12,14);1H3,(H2,3,4). The Hall–Kier alpha value is -2.37. The quantitative estimate of drug-likeness (QED) is 0.671. The fourth-order valence-electron chi connectivity index (χ4n) is 1.09. The zero-order valence-corrected chi connectivity index (χ0v) is 10.4. The van der Waals surface area contributed by atoms with Crippen molar-refractivity contribution in [1.82, 2.24) is 0 Å². The first-order chi connectivity index (χ1) is 8.31. The molecule has 0 aliphatic carbocycles. The van der Waals surface area contributed by atoms with Crippen LogP contribution in [0.5, 0.6) is 0 Å². The van der Waals surface area contributed by atoms with Crippen LogP contribution in [-0.2, 0) is 14.4 Å². The van der Waals surface area contributed by atoms with E-state index in [0.29, 0.717) is 5.69 Å². The van der Waals surface area contributed by atoms with E-state index in [1.807, 2.05) is 25.1 Å². The molecule has 18 heavy (non-hydrogen) atoms. The Morgan fingerprint density at radius 3 is 2.22 bits per heavy atom. The van der Waals surface area contributed by atoms with Crippen LogP contribution in [0.25, 0.3) is 0 Å². The molecule has 1 aromatic rings. The molecule has 0 radical (unpaired) electrons. The zero-order valence-electron chi connectivity index (χ0n) is 10.4. The molecule has 0 saturated heterocycles. The van der Waals surface area contributed by atoms with Crippen LogP contribution in [-0.4, -0.2) is 17.7 Å². The number of hydrogen-bond donors (Lipinski definition) is 3. The molecule has 6 nitrogen and oxygen atoms in total. The van der Waals surface area contributed by atoms with Crippen LogP contribution in [0.15, 0.2) is 24.3 Å². The summed E-state index contributed by atoms with van der Waals surface area (Å²) in [7, 11) is 0. The van der Waals surface area contributed by atoms with E-state index in [9.17, 15) is 14.4 Å². The summed E-state index contributed by atoms with van der Waals surface area (Å²) in [6.45, 7) is 3.23. The van der Waals surface area contributed by atoms with Gasteiger partial charge in [-0.1, -0.05) is 12.1 Å². The van der Waals surface area contributed by atoms with Crippen molar-refractivity contribution in [3.8, 4) is 0 Å². The largest absolute Gasteiger partial charge is 0.370 e. The molecule has 0 aliphatic rings. The van der Waals surface area contributed by atoms with E-state index in [-0.39, 0.29) is 18.2 Å². The van der Waals surface area contributed by atoms with Crippen molar-refractivity contribution in [2.24, 2.45) is 11.5 Å². The highest BCUT2D eigenvalue weighted by Gasteiger charge is 2.05. The maximum Gasteiger partial charge on any atom is 0.233 e. The van der Waals surface area contributed by atoms with Gasteiger partial charge in [0, 0.05) is 12.6 Å². The monoisotopic (exact) mass is 251 g/mol. The first-order valence-corrected chi connectivity index (χ1v) is 5.22. The zero-order chi connectivity index (χ0) is 14.1. The van der Waals surface area contributed by atoms with Gasteiger partial charge in [0.05, 0.1) is 0 Å². The summed E-state index contributed by atoms with van der Waals surface area (Å²) in [5.74, 6) is -1.35. The maximum atomic E-state index is 11.1. The van der Waals surface area contributed by atoms with Gasteiger partial charge in [0.15, 0.2) is 0 Å². The third kappa shape index (κ3) is 8.90. The molecule has 0 heterocycles. The van der Waals surface area contributed by atoms with E-state index in [1.165, 1.54) is 6.92 Å². The number of carbonyl (C=O) groups is 3. The van der Waals surface area contributed by atoms with Gasteiger partial charge in [-0.2, -0.15) is 0 Å². The first kappa shape index (κ1) is 15.6. The number of rotatable bonds is 3. The van der Waals surface area contributed by atoms with Crippen LogP contribution >= 0.6 is 0 Å². The van der Waals surface area contributed by atoms with E-state index >= 15 is 0 Å². The van der Waals surface area contributed by atoms with Gasteiger partial charge in [-0.15, -0.1) is 0 Å². The number of carbonyl (C=O) groups excluding carboxylic acids is 3. The Bertz CT molecular complexity index is 440. The highest BCUT2D eigenvalue weighted by molar-refractivity contribution is 6.03. The number of aryl methyl sites for hydroxylation is 1. The predicted molar refractivity (Wildman–Crippen MR) is 68.5 cm³/mol. The molecule has 0 bridgehead atoms. The lowest BCUT2D eigenvalue weighted by atomic mass is 10.2. The van der Waals surface area contributed by atoms with E-state index in [4.69, 9.17) is 5.73 Å². The molecule has 3 amide bonds. The van der Waals surface area contributed by atoms with E-state index < -0.39 is 5.91 Å². The molecule has 1 aromatic carbocycles. The first-order valence-electron chi connectivity index (χ1n) is 5.22. The van der Waals surface area contributed by atoms with Crippen molar-refractivity contribution in [3.63, 3.8) is 0 Å². The van der Waals surface area contributed by atoms with Crippen LogP contribution < -0.4 is 16.8 Å². The lowest BCUT2D eigenvalue weighted by molar-refractivity contribution is -0.124. The van der Waals surface area contributed by atoms with Gasteiger partial charge in [-0.3, -0.25) is 14.4 Å². The second-order valence-corrected chi connectivity index (χ2v) is 3.67. The normalized spacial score (nSPS) is 8.78. The van der Waals surface area contributed by atoms with Crippen molar-refractivity contribution >= 4 is 23.4 Å². The summed E-state index contributed by atoms with van der Waals surface area (Å²) in [6.07, 6.45) is -0.284. The summed E-state index contributed by atoms with van der Waals surface area (Å²) in [5.41, 5.74) is 11.1. The molecule has 98 valence electrons. The summed E-state index contributed by atoms with van der Waals surface area (Å²) in [6, 6.07) is 7.32. The van der Waals surface area contributed by atoms with Gasteiger partial charge >= 0.3 is 0 Å². The van der Waals surface area contributed by atoms with Gasteiger partial charge in [-0.25, -0.2) is 0 Å². The predicted octanol–water partition coefficient (Wildman–Crippen LogP) is 0.301. The van der Waals surface area contributed by atoms with E-state index in [2.05, 4.69) is 11.1 Å². The SMILES string of the molecule is CC(N)=O.Cc1cccc(NC(=O)CC(N)=O)c1. The number of amides is 3. The highest BCUT2D eigenvalue weighted by atomic mass is 16.2. The fraction of sp³-hybridized carbons (Fsp3) is 0.250. The number of anilines is 1. The molecular formula is C12H17N3O3. The summed E-state index contributed by atoms with van der Waals surface area (Å²) >= 11 is 0. The van der Waals surface area contributed by atoms with Crippen LogP contribution in [0.3, 0.4) is 0 Å². The molecule has 0 fully saturated rings. The number of benzene rings is 1. The minimum atomic E-state index is -0.629. The molecule has 6 heteroatoms. The van der Waals surface area contributed by atoms with E-state index in [1.54, 1.807) is 6.07 Å². The van der Waals surface area contributed by atoms with Crippen LogP contribution in [0.2, 0.25) is 0 Å². The molecule has 5 N–H and O–H groups in total. The van der Waals surface area contributed by atoms with Gasteiger partial charge in [0.25, 0.3) is 0 Å². The van der Waals surface area contributed by atoms with Crippen molar-refractivity contribution in [2.45, 2.75) is 20.3 Å². The average molecular weight is 251 g/mol. The topological polar surface area (TPSA) is 115 Å². The van der Waals surface area contributed by atoms with Gasteiger partial charge in [-0.05, 0) is 24.6 Å². The molecule has 0 unspecified atom stereocenters. The summed E-state index contributed by atoms with van der Waals surface area (Å²) < 4.78 is 0. The van der Waals surface area contributed by atoms with Crippen molar-refractivity contribution in [1.29, 1.82) is 0 Å². The number of nitrogens with one attached hydrogen (secondary N) is 1. The minimum absolute atomic E-state index is 0.284. The smallest absolute Gasteiger partial charge is 0.233 e. The van der Waals surface area contributed by atoms with Crippen LogP contribution in [0, 0.1) is 6.92 Å². The Labute approximate surface area is 105 Å². The van der Waals surface area contributed by atoms with E-state index in [0.717, 1.165) is 5.56 Å². The number of primary amides is 2. The van der Waals surface area contributed by atoms with Gasteiger partial charge < -0.3 is 16.8 Å². The molecule has 0 aliphatic heterocycles. The van der Waals surface area contributed by atoms with Crippen LogP contribution in [0.1, 0.15) is 18.9 Å². The summed E-state index contributed by atoms with van der Waals surface area (Å²) in [4.78, 5) is 30.8.